The van der Waals surface area contributed by atoms with Crippen LogP contribution in [-0.4, -0.2) is 63.7 Å². The van der Waals surface area contributed by atoms with Crippen LogP contribution in [0.25, 0.3) is 0 Å². The van der Waals surface area contributed by atoms with Gasteiger partial charge in [0.2, 0.25) is 5.91 Å². The zero-order valence-electron chi connectivity index (χ0n) is 20.0. The molecule has 7 nitrogen and oxygen atoms in total. The average Bonchev–Trinajstić information content (AvgIpc) is 2.84. The van der Waals surface area contributed by atoms with Crippen LogP contribution in [0.2, 0.25) is 0 Å². The Morgan fingerprint density at radius 2 is 1.70 bits per heavy atom. The van der Waals surface area contributed by atoms with E-state index in [9.17, 15) is 9.59 Å². The summed E-state index contributed by atoms with van der Waals surface area (Å²) in [4.78, 5) is 27.4. The molecule has 2 aromatic carbocycles. The Morgan fingerprint density at radius 1 is 0.970 bits per heavy atom. The van der Waals surface area contributed by atoms with Crippen molar-refractivity contribution in [1.29, 1.82) is 0 Å². The molecule has 2 aromatic rings. The number of Topliss-reactive ketones (excluding diaryl/α,β-unsaturated/α-hetero) is 1. The highest BCUT2D eigenvalue weighted by atomic mass is 16.5. The summed E-state index contributed by atoms with van der Waals surface area (Å²) in [6.45, 7) is 7.30. The maximum absolute atomic E-state index is 12.6. The summed E-state index contributed by atoms with van der Waals surface area (Å²) in [5, 5.41) is 3.03. The minimum absolute atomic E-state index is 0.0159. The molecule has 33 heavy (non-hydrogen) atoms. The molecular weight excluding hydrogens is 420 g/mol. The van der Waals surface area contributed by atoms with Crippen molar-refractivity contribution in [3.8, 4) is 11.5 Å². The van der Waals surface area contributed by atoms with Crippen molar-refractivity contribution in [2.24, 2.45) is 0 Å². The molecule has 1 amide bonds. The molecule has 3 rings (SSSR count). The van der Waals surface area contributed by atoms with Crippen molar-refractivity contribution in [2.45, 2.75) is 32.7 Å². The molecule has 1 aliphatic heterocycles. The molecule has 7 heteroatoms. The molecule has 0 aliphatic carbocycles. The van der Waals surface area contributed by atoms with E-state index >= 15 is 0 Å². The van der Waals surface area contributed by atoms with E-state index in [1.807, 2.05) is 50.2 Å². The Balaban J connectivity index is 1.63. The lowest BCUT2D eigenvalue weighted by Gasteiger charge is -2.35. The number of morpholine rings is 1. The fourth-order valence-electron chi connectivity index (χ4n) is 3.99. The Labute approximate surface area is 196 Å². The van der Waals surface area contributed by atoms with Crippen molar-refractivity contribution in [2.75, 3.05) is 47.1 Å². The van der Waals surface area contributed by atoms with Gasteiger partial charge in [0.05, 0.1) is 33.5 Å². The first-order chi connectivity index (χ1) is 15.9. The summed E-state index contributed by atoms with van der Waals surface area (Å²) >= 11 is 0. The van der Waals surface area contributed by atoms with E-state index in [0.717, 1.165) is 29.8 Å². The topological polar surface area (TPSA) is 77.1 Å². The van der Waals surface area contributed by atoms with E-state index in [1.165, 1.54) is 0 Å². The maximum Gasteiger partial charge on any atom is 0.220 e. The molecule has 0 saturated carbocycles. The second-order valence-electron chi connectivity index (χ2n) is 8.30. The van der Waals surface area contributed by atoms with Gasteiger partial charge in [-0.2, -0.15) is 0 Å². The molecule has 0 bridgehead atoms. The normalized spacial score (nSPS) is 15.0. The predicted molar refractivity (Wildman–Crippen MR) is 127 cm³/mol. The zero-order valence-corrected chi connectivity index (χ0v) is 20.0. The maximum atomic E-state index is 12.6. The third-order valence-electron chi connectivity index (χ3n) is 6.18. The van der Waals surface area contributed by atoms with E-state index in [0.29, 0.717) is 36.8 Å². The summed E-state index contributed by atoms with van der Waals surface area (Å²) in [6, 6.07) is 11.5. The summed E-state index contributed by atoms with van der Waals surface area (Å²) in [5.74, 6) is 1.17. The van der Waals surface area contributed by atoms with Crippen LogP contribution >= 0.6 is 0 Å². The van der Waals surface area contributed by atoms with Gasteiger partial charge >= 0.3 is 0 Å². The highest BCUT2D eigenvalue weighted by Crippen LogP contribution is 2.32. The number of nitrogens with zero attached hydrogens (tertiary/aromatic N) is 1. The van der Waals surface area contributed by atoms with Crippen LogP contribution in [0.4, 0.5) is 0 Å². The van der Waals surface area contributed by atoms with Gasteiger partial charge in [-0.15, -0.1) is 0 Å². The van der Waals surface area contributed by atoms with Crippen LogP contribution in [0, 0.1) is 13.8 Å². The first-order valence-corrected chi connectivity index (χ1v) is 11.3. The fourth-order valence-corrected chi connectivity index (χ4v) is 3.99. The van der Waals surface area contributed by atoms with Crippen LogP contribution < -0.4 is 14.8 Å². The van der Waals surface area contributed by atoms with Crippen LogP contribution in [0.5, 0.6) is 11.5 Å². The SMILES string of the molecule is COc1ccc([C@H](CNC(=O)CCC(=O)c2ccc(C)c(C)c2)N2CCOCC2)cc1OC. The van der Waals surface area contributed by atoms with Gasteiger partial charge in [-0.1, -0.05) is 18.2 Å². The number of carbonyl (C=O) groups is 2. The predicted octanol–water partition coefficient (Wildman–Crippen LogP) is 3.47. The number of ether oxygens (including phenoxy) is 3. The second kappa shape index (κ2) is 11.8. The fraction of sp³-hybridized carbons (Fsp3) is 0.462. The van der Waals surface area contributed by atoms with Crippen molar-refractivity contribution in [3.63, 3.8) is 0 Å². The van der Waals surface area contributed by atoms with Crippen LogP contribution in [-0.2, 0) is 9.53 Å². The first kappa shape index (κ1) is 24.7. The van der Waals surface area contributed by atoms with Crippen molar-refractivity contribution in [3.05, 3.63) is 58.7 Å². The van der Waals surface area contributed by atoms with Gasteiger partial charge in [-0.05, 0) is 48.7 Å². The smallest absolute Gasteiger partial charge is 0.220 e. The Kier molecular flexibility index (Phi) is 8.86. The van der Waals surface area contributed by atoms with Gasteiger partial charge in [0.1, 0.15) is 0 Å². The third-order valence-corrected chi connectivity index (χ3v) is 6.18. The van der Waals surface area contributed by atoms with Gasteiger partial charge in [0.25, 0.3) is 0 Å². The number of nitrogens with one attached hydrogen (secondary N) is 1. The number of benzene rings is 2. The van der Waals surface area contributed by atoms with E-state index in [-0.39, 0.29) is 30.6 Å². The summed E-state index contributed by atoms with van der Waals surface area (Å²) in [7, 11) is 3.22. The zero-order chi connectivity index (χ0) is 23.8. The number of hydrogen-bond acceptors (Lipinski definition) is 6. The molecule has 1 heterocycles. The quantitative estimate of drug-likeness (QED) is 0.554. The largest absolute Gasteiger partial charge is 0.493 e. The Hall–Kier alpha value is -2.90. The summed E-state index contributed by atoms with van der Waals surface area (Å²) < 4.78 is 16.3. The molecule has 0 unspecified atom stereocenters. The Morgan fingerprint density at radius 3 is 2.36 bits per heavy atom. The van der Waals surface area contributed by atoms with Crippen molar-refractivity contribution < 1.29 is 23.8 Å². The molecule has 178 valence electrons. The number of carbonyl (C=O) groups excluding carboxylic acids is 2. The standard InChI is InChI=1S/C26H34N2O5/c1-18-5-6-21(15-19(18)2)23(29)8-10-26(30)27-17-22(28-11-13-33-14-12-28)20-7-9-24(31-3)25(16-20)32-4/h5-7,9,15-16,22H,8,10-14,17H2,1-4H3,(H,27,30)/t22-/m0/s1. The van der Waals surface area contributed by atoms with E-state index in [4.69, 9.17) is 14.2 Å². The van der Waals surface area contributed by atoms with Gasteiger partial charge in [0.15, 0.2) is 17.3 Å². The third kappa shape index (κ3) is 6.55. The molecular formula is C26H34N2O5. The lowest BCUT2D eigenvalue weighted by atomic mass is 10.0. The number of ketones is 1. The lowest BCUT2D eigenvalue weighted by molar-refractivity contribution is -0.121. The average molecular weight is 455 g/mol. The second-order valence-corrected chi connectivity index (χ2v) is 8.30. The molecule has 1 N–H and O–H groups in total. The molecule has 0 aromatic heterocycles. The Bertz CT molecular complexity index is 969. The number of methoxy groups -OCH3 is 2. The highest BCUT2D eigenvalue weighted by Gasteiger charge is 2.24. The monoisotopic (exact) mass is 454 g/mol. The number of amides is 1. The number of aryl methyl sites for hydroxylation is 2. The first-order valence-electron chi connectivity index (χ1n) is 11.3. The van der Waals surface area contributed by atoms with Crippen molar-refractivity contribution >= 4 is 11.7 Å². The minimum Gasteiger partial charge on any atom is -0.493 e. The van der Waals surface area contributed by atoms with Crippen LogP contribution in [0.15, 0.2) is 36.4 Å². The van der Waals surface area contributed by atoms with Crippen LogP contribution in [0.3, 0.4) is 0 Å². The number of rotatable bonds is 10. The molecule has 0 radical (unpaired) electrons. The van der Waals surface area contributed by atoms with Gasteiger partial charge in [-0.25, -0.2) is 0 Å². The van der Waals surface area contributed by atoms with Gasteiger partial charge in [0, 0.05) is 38.0 Å². The molecule has 1 fully saturated rings. The minimum atomic E-state index is -0.133. The molecule has 1 atom stereocenters. The highest BCUT2D eigenvalue weighted by molar-refractivity contribution is 5.98. The summed E-state index contributed by atoms with van der Waals surface area (Å²) in [5.41, 5.74) is 3.91. The van der Waals surface area contributed by atoms with Gasteiger partial charge < -0.3 is 19.5 Å². The molecule has 1 aliphatic rings. The van der Waals surface area contributed by atoms with Crippen molar-refractivity contribution in [1.82, 2.24) is 10.2 Å². The van der Waals surface area contributed by atoms with E-state index < -0.39 is 0 Å². The lowest BCUT2D eigenvalue weighted by Crippen LogP contribution is -2.43. The van der Waals surface area contributed by atoms with Crippen LogP contribution in [0.1, 0.15) is 45.9 Å². The van der Waals surface area contributed by atoms with Gasteiger partial charge in [-0.3, -0.25) is 14.5 Å². The molecule has 1 saturated heterocycles. The molecule has 0 spiro atoms. The van der Waals surface area contributed by atoms with E-state index in [2.05, 4.69) is 10.2 Å². The van der Waals surface area contributed by atoms with E-state index in [1.54, 1.807) is 14.2 Å². The summed E-state index contributed by atoms with van der Waals surface area (Å²) in [6.07, 6.45) is 0.348. The number of hydrogen-bond donors (Lipinski definition) is 1.